The van der Waals surface area contributed by atoms with Gasteiger partial charge < -0.3 is 15.3 Å². The van der Waals surface area contributed by atoms with E-state index in [2.05, 4.69) is 10.4 Å². The highest BCUT2D eigenvalue weighted by atomic mass is 19.3. The summed E-state index contributed by atoms with van der Waals surface area (Å²) in [7, 11) is 1.00. The third-order valence-electron chi connectivity index (χ3n) is 5.18. The molecule has 2 aliphatic heterocycles. The number of carbonyl (C=O) groups is 1. The SMILES string of the molecule is CO.N#Cc1cc(NC(=O)N2CCc3nn4c(c3C2)C(F)(F)CCCC4)ccc1F. The van der Waals surface area contributed by atoms with Crippen molar-refractivity contribution in [3.05, 3.63) is 46.5 Å². The zero-order valence-corrected chi connectivity index (χ0v) is 16.5. The standard InChI is InChI=1S/C19H18F3N5O.CH4O/c20-15-4-3-13(9-12(15)10-23)24-18(28)26-8-5-16-14(11-26)17-19(21,22)6-1-2-7-27(17)25-16;1-2/h3-4,9H,1-2,5-8,11H2,(H,24,28);2H,1H3. The van der Waals surface area contributed by atoms with Crippen LogP contribution in [0.1, 0.15) is 41.8 Å². The summed E-state index contributed by atoms with van der Waals surface area (Å²) in [5.74, 6) is -3.64. The smallest absolute Gasteiger partial charge is 0.322 e. The monoisotopic (exact) mass is 421 g/mol. The number of carbonyl (C=O) groups excluding carboxylic acids is 1. The first-order valence-corrected chi connectivity index (χ1v) is 9.56. The molecule has 0 atom stereocenters. The Bertz CT molecular complexity index is 984. The molecule has 0 bridgehead atoms. The van der Waals surface area contributed by atoms with Crippen molar-refractivity contribution in [1.29, 1.82) is 5.26 Å². The highest BCUT2D eigenvalue weighted by Gasteiger charge is 2.42. The molecule has 2 aromatic rings. The van der Waals surface area contributed by atoms with E-state index in [0.29, 0.717) is 43.6 Å². The molecular weight excluding hydrogens is 399 g/mol. The van der Waals surface area contributed by atoms with Gasteiger partial charge in [0.1, 0.15) is 17.6 Å². The van der Waals surface area contributed by atoms with E-state index < -0.39 is 17.8 Å². The topological polar surface area (TPSA) is 94.2 Å². The lowest BCUT2D eigenvalue weighted by molar-refractivity contribution is -0.0203. The van der Waals surface area contributed by atoms with Gasteiger partial charge >= 0.3 is 6.03 Å². The Balaban J connectivity index is 0.00000124. The van der Waals surface area contributed by atoms with E-state index in [1.54, 1.807) is 6.07 Å². The fourth-order valence-electron chi connectivity index (χ4n) is 3.79. The Morgan fingerprint density at radius 3 is 2.80 bits per heavy atom. The summed E-state index contributed by atoms with van der Waals surface area (Å²) in [5, 5.41) is 22.9. The van der Waals surface area contributed by atoms with Gasteiger partial charge in [0, 0.05) is 44.3 Å². The summed E-state index contributed by atoms with van der Waals surface area (Å²) in [6.45, 7) is 0.836. The number of anilines is 1. The van der Waals surface area contributed by atoms with Crippen molar-refractivity contribution in [3.8, 4) is 6.07 Å². The summed E-state index contributed by atoms with van der Waals surface area (Å²) in [4.78, 5) is 14.0. The van der Waals surface area contributed by atoms with Crippen LogP contribution < -0.4 is 5.32 Å². The van der Waals surface area contributed by atoms with Crippen LogP contribution in [-0.2, 0) is 25.4 Å². The van der Waals surface area contributed by atoms with Crippen molar-refractivity contribution >= 4 is 11.7 Å². The number of nitrogens with zero attached hydrogens (tertiary/aromatic N) is 4. The van der Waals surface area contributed by atoms with Crippen LogP contribution in [0.2, 0.25) is 0 Å². The molecule has 0 fully saturated rings. The lowest BCUT2D eigenvalue weighted by Crippen LogP contribution is -2.39. The molecule has 0 saturated heterocycles. The first-order valence-electron chi connectivity index (χ1n) is 9.56. The van der Waals surface area contributed by atoms with Crippen LogP contribution in [0.5, 0.6) is 0 Å². The number of hydrogen-bond donors (Lipinski definition) is 2. The van der Waals surface area contributed by atoms with E-state index in [4.69, 9.17) is 10.4 Å². The number of aromatic nitrogens is 2. The van der Waals surface area contributed by atoms with Crippen molar-refractivity contribution in [2.24, 2.45) is 0 Å². The summed E-state index contributed by atoms with van der Waals surface area (Å²) >= 11 is 0. The minimum atomic E-state index is -2.96. The predicted octanol–water partition coefficient (Wildman–Crippen LogP) is 3.37. The average molecular weight is 421 g/mol. The Morgan fingerprint density at radius 1 is 1.30 bits per heavy atom. The van der Waals surface area contributed by atoms with Crippen molar-refractivity contribution in [1.82, 2.24) is 14.7 Å². The maximum Gasteiger partial charge on any atom is 0.322 e. The van der Waals surface area contributed by atoms with Gasteiger partial charge in [-0.2, -0.15) is 19.1 Å². The number of nitriles is 1. The van der Waals surface area contributed by atoms with Crippen LogP contribution in [0.15, 0.2) is 18.2 Å². The lowest BCUT2D eigenvalue weighted by atomic mass is 10.00. The Labute approximate surface area is 171 Å². The Kier molecular flexibility index (Phi) is 6.31. The molecule has 1 aromatic heterocycles. The molecule has 1 aromatic carbocycles. The molecule has 0 saturated carbocycles. The number of rotatable bonds is 1. The molecule has 0 unspecified atom stereocenters. The average Bonchev–Trinajstić information content (AvgIpc) is 3.05. The first kappa shape index (κ1) is 21.6. The molecule has 7 nitrogen and oxygen atoms in total. The van der Waals surface area contributed by atoms with Gasteiger partial charge in [0.15, 0.2) is 0 Å². The van der Waals surface area contributed by atoms with Crippen LogP contribution in [-0.4, -0.2) is 39.5 Å². The summed E-state index contributed by atoms with van der Waals surface area (Å²) in [6, 6.07) is 4.91. The van der Waals surface area contributed by atoms with Gasteiger partial charge in [0.2, 0.25) is 0 Å². The minimum Gasteiger partial charge on any atom is -0.400 e. The number of amides is 2. The molecular formula is C20H22F3N5O2. The number of nitrogens with one attached hydrogen (secondary N) is 1. The fourth-order valence-corrected chi connectivity index (χ4v) is 3.79. The van der Waals surface area contributed by atoms with Crippen LogP contribution >= 0.6 is 0 Å². The number of halogens is 3. The molecule has 3 heterocycles. The van der Waals surface area contributed by atoms with E-state index in [1.165, 1.54) is 21.7 Å². The highest BCUT2D eigenvalue weighted by Crippen LogP contribution is 2.40. The van der Waals surface area contributed by atoms with Gasteiger partial charge in [-0.05, 0) is 31.0 Å². The third-order valence-corrected chi connectivity index (χ3v) is 5.18. The van der Waals surface area contributed by atoms with Gasteiger partial charge in [-0.25, -0.2) is 9.18 Å². The number of fused-ring (bicyclic) bond motifs is 3. The number of aryl methyl sites for hydroxylation is 1. The summed E-state index contributed by atoms with van der Waals surface area (Å²) in [5.41, 5.74) is 1.05. The van der Waals surface area contributed by atoms with Crippen molar-refractivity contribution < 1.29 is 23.1 Å². The van der Waals surface area contributed by atoms with Crippen molar-refractivity contribution in [2.75, 3.05) is 19.0 Å². The van der Waals surface area contributed by atoms with E-state index >= 15 is 0 Å². The first-order chi connectivity index (χ1) is 14.4. The summed E-state index contributed by atoms with van der Waals surface area (Å²) in [6.07, 6.45) is 1.26. The Hall–Kier alpha value is -3.06. The zero-order chi connectivity index (χ0) is 21.9. The molecule has 2 N–H and O–H groups in total. The molecule has 0 radical (unpaired) electrons. The molecule has 4 rings (SSSR count). The molecule has 0 aliphatic carbocycles. The van der Waals surface area contributed by atoms with E-state index in [0.717, 1.165) is 13.2 Å². The largest absolute Gasteiger partial charge is 0.400 e. The quantitative estimate of drug-likeness (QED) is 0.738. The second-order valence-corrected chi connectivity index (χ2v) is 7.07. The molecule has 2 amide bonds. The normalized spacial score (nSPS) is 16.9. The lowest BCUT2D eigenvalue weighted by Gasteiger charge is -2.28. The van der Waals surface area contributed by atoms with Gasteiger partial charge in [0.25, 0.3) is 5.92 Å². The highest BCUT2D eigenvalue weighted by molar-refractivity contribution is 5.89. The van der Waals surface area contributed by atoms with Gasteiger partial charge in [-0.1, -0.05) is 0 Å². The van der Waals surface area contributed by atoms with Crippen LogP contribution in [0.25, 0.3) is 0 Å². The van der Waals surface area contributed by atoms with Crippen molar-refractivity contribution in [3.63, 3.8) is 0 Å². The maximum atomic E-state index is 14.6. The van der Waals surface area contributed by atoms with E-state index in [9.17, 15) is 18.0 Å². The third kappa shape index (κ3) is 4.11. The van der Waals surface area contributed by atoms with Crippen molar-refractivity contribution in [2.45, 2.75) is 44.7 Å². The molecule has 2 aliphatic rings. The second-order valence-electron chi connectivity index (χ2n) is 7.07. The molecule has 30 heavy (non-hydrogen) atoms. The number of alkyl halides is 2. The zero-order valence-electron chi connectivity index (χ0n) is 16.5. The van der Waals surface area contributed by atoms with Gasteiger partial charge in [0.05, 0.1) is 17.8 Å². The second kappa shape index (κ2) is 8.75. The fraction of sp³-hybridized carbons (Fsp3) is 0.450. The predicted molar refractivity (Wildman–Crippen MR) is 102 cm³/mol. The van der Waals surface area contributed by atoms with Crippen LogP contribution in [0.4, 0.5) is 23.7 Å². The van der Waals surface area contributed by atoms with E-state index in [-0.39, 0.29) is 29.9 Å². The van der Waals surface area contributed by atoms with Gasteiger partial charge in [-0.15, -0.1) is 0 Å². The van der Waals surface area contributed by atoms with Crippen LogP contribution in [0.3, 0.4) is 0 Å². The molecule has 0 spiro atoms. The summed E-state index contributed by atoms with van der Waals surface area (Å²) < 4.78 is 44.1. The molecule has 160 valence electrons. The number of aliphatic hydroxyl groups excluding tert-OH is 1. The Morgan fingerprint density at radius 2 is 2.07 bits per heavy atom. The van der Waals surface area contributed by atoms with Gasteiger partial charge in [-0.3, -0.25) is 4.68 Å². The minimum absolute atomic E-state index is 0.0401. The maximum absolute atomic E-state index is 14.6. The molecule has 10 heteroatoms. The number of hydrogen-bond acceptors (Lipinski definition) is 4. The number of aliphatic hydroxyl groups is 1. The van der Waals surface area contributed by atoms with E-state index in [1.807, 2.05) is 0 Å². The number of urea groups is 1. The number of benzene rings is 1. The van der Waals surface area contributed by atoms with Crippen LogP contribution in [0, 0.1) is 17.1 Å².